The Morgan fingerprint density at radius 1 is 1.43 bits per heavy atom. The fraction of sp³-hybridized carbons (Fsp3) is 0.312. The smallest absolute Gasteiger partial charge is 0.338 e. The van der Waals surface area contributed by atoms with E-state index in [9.17, 15) is 4.79 Å². The summed E-state index contributed by atoms with van der Waals surface area (Å²) < 4.78 is 5.86. The SMILES string of the molecule is CCOC(=O)c1ccc(NC(C)c2sccc2C)c(Br)c1. The summed E-state index contributed by atoms with van der Waals surface area (Å²) in [6.45, 7) is 6.42. The third kappa shape index (κ3) is 3.86. The largest absolute Gasteiger partial charge is 0.462 e. The summed E-state index contributed by atoms with van der Waals surface area (Å²) in [5.41, 5.74) is 2.80. The molecule has 5 heteroatoms. The van der Waals surface area contributed by atoms with Gasteiger partial charge in [0.2, 0.25) is 0 Å². The molecule has 0 saturated carbocycles. The van der Waals surface area contributed by atoms with Gasteiger partial charge >= 0.3 is 5.97 Å². The van der Waals surface area contributed by atoms with E-state index in [0.29, 0.717) is 12.2 Å². The topological polar surface area (TPSA) is 38.3 Å². The summed E-state index contributed by atoms with van der Waals surface area (Å²) in [6.07, 6.45) is 0. The van der Waals surface area contributed by atoms with Crippen LogP contribution in [0, 0.1) is 6.92 Å². The molecule has 21 heavy (non-hydrogen) atoms. The van der Waals surface area contributed by atoms with E-state index in [1.54, 1.807) is 30.4 Å². The van der Waals surface area contributed by atoms with Gasteiger partial charge in [-0.2, -0.15) is 0 Å². The number of esters is 1. The van der Waals surface area contributed by atoms with Gasteiger partial charge in [0.25, 0.3) is 0 Å². The lowest BCUT2D eigenvalue weighted by Gasteiger charge is -2.16. The highest BCUT2D eigenvalue weighted by Crippen LogP contribution is 2.31. The molecule has 0 saturated heterocycles. The molecule has 0 aliphatic heterocycles. The van der Waals surface area contributed by atoms with Crippen LogP contribution in [-0.2, 0) is 4.74 Å². The van der Waals surface area contributed by atoms with E-state index < -0.39 is 0 Å². The Bertz CT molecular complexity index is 639. The Kier molecular flexibility index (Phi) is 5.42. The summed E-state index contributed by atoms with van der Waals surface area (Å²) in [4.78, 5) is 13.0. The summed E-state index contributed by atoms with van der Waals surface area (Å²) in [5.74, 6) is -0.299. The molecule has 0 fully saturated rings. The van der Waals surface area contributed by atoms with Crippen molar-refractivity contribution in [2.24, 2.45) is 0 Å². The van der Waals surface area contributed by atoms with Crippen LogP contribution in [0.5, 0.6) is 0 Å². The van der Waals surface area contributed by atoms with Gasteiger partial charge in [0.05, 0.1) is 18.2 Å². The van der Waals surface area contributed by atoms with E-state index in [2.05, 4.69) is 46.5 Å². The van der Waals surface area contributed by atoms with Crippen LogP contribution >= 0.6 is 27.3 Å². The summed E-state index contributed by atoms with van der Waals surface area (Å²) in [7, 11) is 0. The first-order chi connectivity index (χ1) is 10.0. The predicted octanol–water partition coefficient (Wildman–Crippen LogP) is 5.17. The Balaban J connectivity index is 2.14. The number of aryl methyl sites for hydroxylation is 1. The van der Waals surface area contributed by atoms with Crippen molar-refractivity contribution in [3.63, 3.8) is 0 Å². The number of halogens is 1. The maximum absolute atomic E-state index is 11.7. The zero-order valence-electron chi connectivity index (χ0n) is 12.3. The molecule has 1 N–H and O–H groups in total. The third-order valence-electron chi connectivity index (χ3n) is 3.15. The van der Waals surface area contributed by atoms with Crippen LogP contribution in [0.3, 0.4) is 0 Å². The zero-order valence-corrected chi connectivity index (χ0v) is 14.7. The van der Waals surface area contributed by atoms with E-state index in [-0.39, 0.29) is 12.0 Å². The third-order valence-corrected chi connectivity index (χ3v) is 5.00. The number of nitrogens with one attached hydrogen (secondary N) is 1. The highest BCUT2D eigenvalue weighted by atomic mass is 79.9. The van der Waals surface area contributed by atoms with Gasteiger partial charge < -0.3 is 10.1 Å². The van der Waals surface area contributed by atoms with Crippen molar-refractivity contribution in [2.45, 2.75) is 26.8 Å². The maximum atomic E-state index is 11.7. The number of hydrogen-bond donors (Lipinski definition) is 1. The van der Waals surface area contributed by atoms with Crippen molar-refractivity contribution in [1.82, 2.24) is 0 Å². The highest BCUT2D eigenvalue weighted by Gasteiger charge is 2.13. The fourth-order valence-corrected chi connectivity index (χ4v) is 3.53. The summed E-state index contributed by atoms with van der Waals surface area (Å²) in [6, 6.07) is 7.80. The van der Waals surface area contributed by atoms with Crippen LogP contribution in [0.15, 0.2) is 34.1 Å². The normalized spacial score (nSPS) is 12.0. The maximum Gasteiger partial charge on any atom is 0.338 e. The van der Waals surface area contributed by atoms with Crippen LogP contribution < -0.4 is 5.32 Å². The van der Waals surface area contributed by atoms with Gasteiger partial charge in [-0.05, 0) is 71.9 Å². The molecular weight excluding hydrogens is 350 g/mol. The molecule has 1 aromatic heterocycles. The predicted molar refractivity (Wildman–Crippen MR) is 91.2 cm³/mol. The minimum Gasteiger partial charge on any atom is -0.462 e. The van der Waals surface area contributed by atoms with Crippen molar-refractivity contribution in [3.8, 4) is 0 Å². The van der Waals surface area contributed by atoms with Crippen molar-refractivity contribution < 1.29 is 9.53 Å². The van der Waals surface area contributed by atoms with Crippen LogP contribution in [0.1, 0.15) is 40.7 Å². The number of anilines is 1. The summed E-state index contributed by atoms with van der Waals surface area (Å²) >= 11 is 5.26. The Labute approximate surface area is 137 Å². The number of carbonyl (C=O) groups excluding carboxylic acids is 1. The molecule has 0 aliphatic rings. The van der Waals surface area contributed by atoms with E-state index in [1.165, 1.54) is 10.4 Å². The van der Waals surface area contributed by atoms with Crippen LogP contribution in [0.2, 0.25) is 0 Å². The molecule has 0 spiro atoms. The average Bonchev–Trinajstić information content (AvgIpc) is 2.87. The number of carbonyl (C=O) groups is 1. The first-order valence-corrected chi connectivity index (χ1v) is 8.47. The van der Waals surface area contributed by atoms with Crippen LogP contribution in [0.4, 0.5) is 5.69 Å². The van der Waals surface area contributed by atoms with Gasteiger partial charge in [0.1, 0.15) is 0 Å². The van der Waals surface area contributed by atoms with Crippen LogP contribution in [0.25, 0.3) is 0 Å². The number of thiophene rings is 1. The molecule has 0 amide bonds. The monoisotopic (exact) mass is 367 g/mol. The minimum atomic E-state index is -0.299. The van der Waals surface area contributed by atoms with Gasteiger partial charge in [-0.1, -0.05) is 0 Å². The zero-order chi connectivity index (χ0) is 15.4. The second kappa shape index (κ2) is 7.09. The molecule has 1 heterocycles. The fourth-order valence-electron chi connectivity index (χ4n) is 2.10. The second-order valence-electron chi connectivity index (χ2n) is 4.75. The standard InChI is InChI=1S/C16H18BrNO2S/c1-4-20-16(19)12-5-6-14(13(17)9-12)18-11(3)15-10(2)7-8-21-15/h5-9,11,18H,4H2,1-3H3. The van der Waals surface area contributed by atoms with Gasteiger partial charge in [-0.25, -0.2) is 4.79 Å². The van der Waals surface area contributed by atoms with Crippen molar-refractivity contribution in [3.05, 3.63) is 50.1 Å². The first-order valence-electron chi connectivity index (χ1n) is 6.80. The van der Waals surface area contributed by atoms with E-state index >= 15 is 0 Å². The molecule has 0 aliphatic carbocycles. The molecule has 0 radical (unpaired) electrons. The van der Waals surface area contributed by atoms with E-state index in [4.69, 9.17) is 4.74 Å². The van der Waals surface area contributed by atoms with E-state index in [1.807, 2.05) is 6.07 Å². The lowest BCUT2D eigenvalue weighted by atomic mass is 10.1. The van der Waals surface area contributed by atoms with Gasteiger partial charge in [-0.15, -0.1) is 11.3 Å². The van der Waals surface area contributed by atoms with Crippen LogP contribution in [-0.4, -0.2) is 12.6 Å². The molecule has 2 aromatic rings. The highest BCUT2D eigenvalue weighted by molar-refractivity contribution is 9.10. The molecule has 1 aromatic carbocycles. The lowest BCUT2D eigenvalue weighted by Crippen LogP contribution is -2.08. The number of benzene rings is 1. The molecule has 1 atom stereocenters. The molecule has 3 nitrogen and oxygen atoms in total. The van der Waals surface area contributed by atoms with Crippen molar-refractivity contribution in [2.75, 3.05) is 11.9 Å². The Hall–Kier alpha value is -1.33. The second-order valence-corrected chi connectivity index (χ2v) is 6.55. The number of rotatable bonds is 5. The number of hydrogen-bond acceptors (Lipinski definition) is 4. The molecule has 1 unspecified atom stereocenters. The van der Waals surface area contributed by atoms with Gasteiger partial charge in [0.15, 0.2) is 0 Å². The van der Waals surface area contributed by atoms with Gasteiger partial charge in [0, 0.05) is 15.0 Å². The first kappa shape index (κ1) is 16.0. The molecule has 112 valence electrons. The van der Waals surface area contributed by atoms with Gasteiger partial charge in [-0.3, -0.25) is 0 Å². The quantitative estimate of drug-likeness (QED) is 0.740. The Morgan fingerprint density at radius 3 is 2.76 bits per heavy atom. The van der Waals surface area contributed by atoms with E-state index in [0.717, 1.165) is 10.2 Å². The Morgan fingerprint density at radius 2 is 2.19 bits per heavy atom. The minimum absolute atomic E-state index is 0.217. The molecular formula is C16H18BrNO2S. The lowest BCUT2D eigenvalue weighted by molar-refractivity contribution is 0.0526. The molecule has 0 bridgehead atoms. The summed E-state index contributed by atoms with van der Waals surface area (Å²) in [5, 5.41) is 5.56. The number of ether oxygens (including phenoxy) is 1. The molecule has 2 rings (SSSR count). The average molecular weight is 368 g/mol. The van der Waals surface area contributed by atoms with Crippen molar-refractivity contribution in [1.29, 1.82) is 0 Å². The van der Waals surface area contributed by atoms with Crippen molar-refractivity contribution >= 4 is 38.9 Å².